The fraction of sp³-hybridized carbons (Fsp3) is 0.736. The van der Waals surface area contributed by atoms with Gasteiger partial charge in [0.2, 0.25) is 5.78 Å². The minimum Gasteiger partial charge on any atom is -0.426 e. The summed E-state index contributed by atoms with van der Waals surface area (Å²) in [5.74, 6) is 5.84. The van der Waals surface area contributed by atoms with Crippen LogP contribution in [0.4, 0.5) is 0 Å². The Morgan fingerprint density at radius 2 is 0.984 bits per heavy atom. The fourth-order valence-electron chi connectivity index (χ4n) is 12.7. The molecule has 0 spiro atoms. The molecule has 6 aliphatic rings. The lowest BCUT2D eigenvalue weighted by molar-refractivity contribution is -0.0272. The smallest absolute Gasteiger partial charge is 0.397 e. The van der Waals surface area contributed by atoms with Gasteiger partial charge in [-0.15, -0.1) is 0 Å². The van der Waals surface area contributed by atoms with Gasteiger partial charge in [0.25, 0.3) is 0 Å². The van der Waals surface area contributed by atoms with E-state index in [9.17, 15) is 4.79 Å². The van der Waals surface area contributed by atoms with E-state index in [1.807, 2.05) is 24.3 Å². The van der Waals surface area contributed by atoms with Gasteiger partial charge in [0.05, 0.1) is 35.5 Å². The number of hydrogen-bond acceptors (Lipinski definition) is 8. The van der Waals surface area contributed by atoms with Gasteiger partial charge in [-0.2, -0.15) is 0 Å². The maximum atomic E-state index is 15.3. The van der Waals surface area contributed by atoms with Crippen LogP contribution in [0, 0.1) is 71.0 Å². The summed E-state index contributed by atoms with van der Waals surface area (Å²) in [7, 11) is -3.83. The number of rotatable bonds is 12. The van der Waals surface area contributed by atoms with Crippen LogP contribution in [0.2, 0.25) is 0 Å². The molecule has 5 aliphatic carbocycles. The van der Waals surface area contributed by atoms with Crippen LogP contribution in [-0.4, -0.2) is 36.0 Å². The average Bonchev–Trinajstić information content (AvgIpc) is 3.22. The zero-order chi connectivity index (χ0) is 44.7. The summed E-state index contributed by atoms with van der Waals surface area (Å²) in [4.78, 5) is 29.9. The molecule has 0 aromatic heterocycles. The molecule has 1 aliphatic heterocycles. The maximum Gasteiger partial charge on any atom is 0.397 e. The van der Waals surface area contributed by atoms with E-state index in [1.165, 1.54) is 32.1 Å². The van der Waals surface area contributed by atoms with E-state index in [-0.39, 0.29) is 47.1 Å². The summed E-state index contributed by atoms with van der Waals surface area (Å²) in [6.45, 7) is 23.0. The molecule has 0 amide bonds. The van der Waals surface area contributed by atoms with E-state index in [0.717, 1.165) is 51.4 Å². The monoisotopic (exact) mass is 905 g/mol. The Balaban J connectivity index is 1.13. The molecule has 4 saturated carbocycles. The minimum absolute atomic E-state index is 0.00734. The Kier molecular flexibility index (Phi) is 15.5. The molecule has 8 nitrogen and oxygen atoms in total. The largest absolute Gasteiger partial charge is 0.426 e. The number of ketones is 2. The summed E-state index contributed by atoms with van der Waals surface area (Å²) in [5, 5.41) is 0. The fourth-order valence-corrected chi connectivity index (χ4v) is 15.4. The predicted molar refractivity (Wildman–Crippen MR) is 253 cm³/mol. The quantitative estimate of drug-likeness (QED) is 0.166. The summed E-state index contributed by atoms with van der Waals surface area (Å²) < 4.78 is 42.2. The molecule has 4 bridgehead atoms. The van der Waals surface area contributed by atoms with Crippen LogP contribution in [0.5, 0.6) is 11.5 Å². The molecule has 5 fully saturated rings. The first-order chi connectivity index (χ1) is 30.1. The number of carbonyl (C=O) groups excluding carboxylic acids is 2. The third kappa shape index (κ3) is 10.6. The van der Waals surface area contributed by atoms with E-state index in [0.29, 0.717) is 93.6 Å². The SMILES string of the molecule is CC(C)C1CC[C@@H](C)C[C@H]1OP(Oc1cccc2c1C(=O)c1c(OP3O[C@@H]4C[C@@H](CC[C@H]4C(C)C)C[C@@H]4CC[C@@H](C(C)C)[C@@H](C4)O3)cccc1C2=O)O[C@@H]1C[C@H](C)CC[C@H]1C(C)C. The number of hydrogen-bond donors (Lipinski definition) is 0. The second kappa shape index (κ2) is 20.5. The van der Waals surface area contributed by atoms with Crippen molar-refractivity contribution >= 4 is 28.8 Å². The van der Waals surface area contributed by atoms with Crippen molar-refractivity contribution in [2.45, 2.75) is 177 Å². The van der Waals surface area contributed by atoms with Gasteiger partial charge in [-0.1, -0.05) is 106 Å². The van der Waals surface area contributed by atoms with Crippen molar-refractivity contribution in [2.24, 2.45) is 71.0 Å². The molecule has 13 atom stereocenters. The molecule has 2 aromatic rings. The Bertz CT molecular complexity index is 1830. The van der Waals surface area contributed by atoms with Crippen LogP contribution in [0.15, 0.2) is 36.4 Å². The Hall–Kier alpha value is -1.92. The van der Waals surface area contributed by atoms with Crippen molar-refractivity contribution in [2.75, 3.05) is 0 Å². The summed E-state index contributed by atoms with van der Waals surface area (Å²) >= 11 is 0. The Morgan fingerprint density at radius 1 is 0.540 bits per heavy atom. The molecular formula is C53H78O8P2. The first-order valence-corrected chi connectivity index (χ1v) is 27.3. The van der Waals surface area contributed by atoms with Gasteiger partial charge in [0.1, 0.15) is 11.5 Å². The molecule has 8 rings (SSSR count). The third-order valence-electron chi connectivity index (χ3n) is 16.4. The van der Waals surface area contributed by atoms with Gasteiger partial charge in [-0.25, -0.2) is 0 Å². The highest BCUT2D eigenvalue weighted by molar-refractivity contribution is 7.42. The normalized spacial score (nSPS) is 34.5. The van der Waals surface area contributed by atoms with Gasteiger partial charge in [-0.3, -0.25) is 27.7 Å². The Labute approximate surface area is 382 Å². The molecule has 10 heteroatoms. The van der Waals surface area contributed by atoms with Crippen molar-refractivity contribution in [1.29, 1.82) is 0 Å². The van der Waals surface area contributed by atoms with Gasteiger partial charge in [0.15, 0.2) is 5.78 Å². The number of fused-ring (bicyclic) bond motifs is 6. The first-order valence-electron chi connectivity index (χ1n) is 25.1. The van der Waals surface area contributed by atoms with E-state index in [1.54, 1.807) is 12.1 Å². The summed E-state index contributed by atoms with van der Waals surface area (Å²) in [6.07, 6.45) is 14.4. The molecule has 0 radical (unpaired) electrons. The molecule has 1 saturated heterocycles. The molecule has 1 heterocycles. The zero-order valence-electron chi connectivity index (χ0n) is 40.1. The summed E-state index contributed by atoms with van der Waals surface area (Å²) in [6, 6.07) is 10.7. The lowest BCUT2D eigenvalue weighted by atomic mass is 9.68. The van der Waals surface area contributed by atoms with Gasteiger partial charge < -0.3 is 9.05 Å². The highest BCUT2D eigenvalue weighted by Crippen LogP contribution is 2.56. The molecule has 2 aromatic carbocycles. The molecular weight excluding hydrogens is 827 g/mol. The van der Waals surface area contributed by atoms with Crippen molar-refractivity contribution < 1.29 is 36.7 Å². The first kappa shape index (κ1) is 47.6. The van der Waals surface area contributed by atoms with Crippen molar-refractivity contribution in [1.82, 2.24) is 0 Å². The number of benzene rings is 2. The lowest BCUT2D eigenvalue weighted by Crippen LogP contribution is -2.40. The van der Waals surface area contributed by atoms with Crippen molar-refractivity contribution in [3.63, 3.8) is 0 Å². The molecule has 63 heavy (non-hydrogen) atoms. The molecule has 348 valence electrons. The summed E-state index contributed by atoms with van der Waals surface area (Å²) in [5.41, 5.74) is 1.14. The predicted octanol–water partition coefficient (Wildman–Crippen LogP) is 14.9. The van der Waals surface area contributed by atoms with Crippen LogP contribution in [0.1, 0.15) is 185 Å². The topological polar surface area (TPSA) is 89.5 Å². The average molecular weight is 905 g/mol. The van der Waals surface area contributed by atoms with E-state index in [2.05, 4.69) is 69.2 Å². The van der Waals surface area contributed by atoms with Gasteiger partial charge in [0, 0.05) is 11.1 Å². The highest BCUT2D eigenvalue weighted by Gasteiger charge is 2.45. The van der Waals surface area contributed by atoms with E-state index >= 15 is 4.79 Å². The van der Waals surface area contributed by atoms with E-state index in [4.69, 9.17) is 27.1 Å². The van der Waals surface area contributed by atoms with Crippen molar-refractivity contribution in [3.8, 4) is 11.5 Å². The van der Waals surface area contributed by atoms with Gasteiger partial charge >= 0.3 is 17.2 Å². The van der Waals surface area contributed by atoms with Crippen molar-refractivity contribution in [3.05, 3.63) is 58.7 Å². The van der Waals surface area contributed by atoms with Crippen LogP contribution in [0.3, 0.4) is 0 Å². The lowest BCUT2D eigenvalue weighted by Gasteiger charge is -2.45. The maximum absolute atomic E-state index is 15.3. The minimum atomic E-state index is -1.93. The van der Waals surface area contributed by atoms with Crippen LogP contribution < -0.4 is 9.05 Å². The molecule has 0 N–H and O–H groups in total. The third-order valence-corrected chi connectivity index (χ3v) is 18.9. The van der Waals surface area contributed by atoms with Crippen LogP contribution in [0.25, 0.3) is 0 Å². The van der Waals surface area contributed by atoms with Crippen LogP contribution in [-0.2, 0) is 18.1 Å². The Morgan fingerprint density at radius 3 is 1.46 bits per heavy atom. The van der Waals surface area contributed by atoms with Gasteiger partial charge in [-0.05, 0) is 154 Å². The second-order valence-electron chi connectivity index (χ2n) is 22.3. The zero-order valence-corrected chi connectivity index (χ0v) is 41.8. The van der Waals surface area contributed by atoms with Crippen LogP contribution >= 0.6 is 17.2 Å². The molecule has 2 unspecified atom stereocenters. The highest BCUT2D eigenvalue weighted by atomic mass is 31.2. The number of carbonyl (C=O) groups is 2. The second-order valence-corrected chi connectivity index (χ2v) is 24.4. The van der Waals surface area contributed by atoms with E-state index < -0.39 is 17.2 Å². The standard InChI is InChI=1S/C53H78O8P2/c1-30(2)38-21-17-34(9)25-46(38)58-62(59-47-26-35(10)18-22-39(47)31(3)4)56-44-15-11-13-42-50(44)53(55)51-43(52(42)54)14-12-16-45(51)57-63-60-48-28-36(19-23-40(48)32(5)6)27-37-20-24-41(33(7)8)49(29-37)61-63/h11-16,30-41,46-49H,17-29H2,1-10H3/t34-,35-,36+,37+,38+,39?,40+,41+,46-,47-,48-,49-,62?/m1/s1.